The lowest BCUT2D eigenvalue weighted by atomic mass is 9.86. The summed E-state index contributed by atoms with van der Waals surface area (Å²) in [5.41, 5.74) is 0.850. The Morgan fingerprint density at radius 3 is 2.86 bits per heavy atom. The molecule has 3 rings (SSSR count). The van der Waals surface area contributed by atoms with E-state index >= 15 is 0 Å². The van der Waals surface area contributed by atoms with Crippen LogP contribution in [-0.4, -0.2) is 26.8 Å². The molecule has 22 heavy (non-hydrogen) atoms. The molecule has 2 N–H and O–H groups in total. The average Bonchev–Trinajstić information content (AvgIpc) is 2.50. The number of carbonyl (C=O) groups excluding carboxylic acids is 1. The van der Waals surface area contributed by atoms with Crippen molar-refractivity contribution in [3.8, 4) is 5.75 Å². The van der Waals surface area contributed by atoms with Crippen molar-refractivity contribution in [2.45, 2.75) is 17.5 Å². The molecule has 1 unspecified atom stereocenters. The maximum Gasteiger partial charge on any atom is 0.279 e. The Morgan fingerprint density at radius 2 is 2.18 bits per heavy atom. The van der Waals surface area contributed by atoms with Crippen LogP contribution in [0.25, 0.3) is 0 Å². The van der Waals surface area contributed by atoms with E-state index in [0.717, 1.165) is 5.56 Å². The number of aromatic hydroxyl groups is 1. The normalized spacial score (nSPS) is 17.0. The number of phenols is 1. The summed E-state index contributed by atoms with van der Waals surface area (Å²) < 4.78 is 1.72. The van der Waals surface area contributed by atoms with Crippen LogP contribution < -0.4 is 10.9 Å². The molecular weight excluding hydrogens is 302 g/mol. The second-order valence-corrected chi connectivity index (χ2v) is 5.90. The first-order chi connectivity index (χ1) is 10.5. The van der Waals surface area contributed by atoms with Gasteiger partial charge in [-0.2, -0.15) is 4.98 Å². The van der Waals surface area contributed by atoms with E-state index in [0.29, 0.717) is 16.5 Å². The largest absolute Gasteiger partial charge is 0.508 e. The molecule has 0 fully saturated rings. The molecule has 1 aliphatic rings. The van der Waals surface area contributed by atoms with Crippen molar-refractivity contribution in [3.63, 3.8) is 0 Å². The van der Waals surface area contributed by atoms with Crippen LogP contribution in [0.15, 0.2) is 34.2 Å². The fraction of sp³-hybridized carbons (Fsp3) is 0.267. The van der Waals surface area contributed by atoms with Gasteiger partial charge in [0.1, 0.15) is 11.6 Å². The molecule has 7 heteroatoms. The van der Waals surface area contributed by atoms with Gasteiger partial charge in [0.05, 0.1) is 5.56 Å². The highest BCUT2D eigenvalue weighted by Gasteiger charge is 2.32. The quantitative estimate of drug-likeness (QED) is 0.650. The average molecular weight is 317 g/mol. The van der Waals surface area contributed by atoms with E-state index in [4.69, 9.17) is 0 Å². The summed E-state index contributed by atoms with van der Waals surface area (Å²) in [4.78, 5) is 28.5. The maximum atomic E-state index is 12.4. The van der Waals surface area contributed by atoms with E-state index in [1.54, 1.807) is 35.9 Å². The lowest BCUT2D eigenvalue weighted by molar-refractivity contribution is -0.116. The number of carbonyl (C=O) groups is 1. The van der Waals surface area contributed by atoms with Crippen molar-refractivity contribution >= 4 is 23.5 Å². The summed E-state index contributed by atoms with van der Waals surface area (Å²) in [6.45, 7) is 0. The van der Waals surface area contributed by atoms with Gasteiger partial charge in [0.2, 0.25) is 5.91 Å². The predicted molar refractivity (Wildman–Crippen MR) is 84.5 cm³/mol. The van der Waals surface area contributed by atoms with Crippen LogP contribution >= 0.6 is 11.8 Å². The number of nitrogens with zero attached hydrogens (tertiary/aromatic N) is 2. The van der Waals surface area contributed by atoms with Crippen molar-refractivity contribution < 1.29 is 9.90 Å². The summed E-state index contributed by atoms with van der Waals surface area (Å²) in [6, 6.07) is 6.63. The van der Waals surface area contributed by atoms with Gasteiger partial charge >= 0.3 is 0 Å². The molecule has 2 heterocycles. The Balaban J connectivity index is 2.24. The summed E-state index contributed by atoms with van der Waals surface area (Å²) in [6.07, 6.45) is 1.98. The highest BCUT2D eigenvalue weighted by Crippen LogP contribution is 2.36. The molecule has 6 nitrogen and oxygen atoms in total. The number of phenolic OH excluding ortho intramolecular Hbond substituents is 1. The Hall–Kier alpha value is -2.28. The Bertz CT molecular complexity index is 816. The molecule has 2 aromatic rings. The Kier molecular flexibility index (Phi) is 3.66. The third-order valence-corrected chi connectivity index (χ3v) is 4.49. The van der Waals surface area contributed by atoms with E-state index in [9.17, 15) is 14.7 Å². The predicted octanol–water partition coefficient (Wildman–Crippen LogP) is 1.68. The van der Waals surface area contributed by atoms with Gasteiger partial charge < -0.3 is 15.0 Å². The van der Waals surface area contributed by atoms with Crippen LogP contribution in [0.2, 0.25) is 0 Å². The minimum atomic E-state index is -0.405. The summed E-state index contributed by atoms with van der Waals surface area (Å²) in [5, 5.41) is 13.0. The summed E-state index contributed by atoms with van der Waals surface area (Å²) >= 11 is 1.34. The van der Waals surface area contributed by atoms with Gasteiger partial charge in [-0.1, -0.05) is 23.9 Å². The minimum Gasteiger partial charge on any atom is -0.508 e. The van der Waals surface area contributed by atoms with Gasteiger partial charge in [0.25, 0.3) is 5.56 Å². The number of rotatable bonds is 2. The van der Waals surface area contributed by atoms with Gasteiger partial charge in [-0.15, -0.1) is 0 Å². The number of amides is 1. The van der Waals surface area contributed by atoms with E-state index in [-0.39, 0.29) is 23.6 Å². The van der Waals surface area contributed by atoms with E-state index in [2.05, 4.69) is 10.3 Å². The Labute approximate surface area is 131 Å². The van der Waals surface area contributed by atoms with E-state index in [1.807, 2.05) is 6.26 Å². The standard InChI is InChI=1S/C15H15N3O3S/c1-18-13-12(14(21)17-15(18)22-2)10(7-11(20)16-13)8-4-3-5-9(19)6-8/h3-6,10,19H,7H2,1-2H3,(H,16,20). The van der Waals surface area contributed by atoms with E-state index in [1.165, 1.54) is 11.8 Å². The molecule has 0 radical (unpaired) electrons. The molecule has 0 spiro atoms. The number of fused-ring (bicyclic) bond motifs is 1. The van der Waals surface area contributed by atoms with Gasteiger partial charge in [-0.25, -0.2) is 0 Å². The molecule has 0 aliphatic carbocycles. The SMILES string of the molecule is CSc1nc(=O)c2c(n1C)NC(=O)CC2c1cccc(O)c1. The zero-order chi connectivity index (χ0) is 15.9. The van der Waals surface area contributed by atoms with Crippen molar-refractivity contribution in [2.75, 3.05) is 11.6 Å². The maximum absolute atomic E-state index is 12.4. The Morgan fingerprint density at radius 1 is 1.41 bits per heavy atom. The first-order valence-corrected chi connectivity index (χ1v) is 7.97. The van der Waals surface area contributed by atoms with Crippen LogP contribution in [0.5, 0.6) is 5.75 Å². The number of thioether (sulfide) groups is 1. The third-order valence-electron chi connectivity index (χ3n) is 3.76. The zero-order valence-corrected chi connectivity index (χ0v) is 13.0. The molecule has 0 saturated heterocycles. The molecular formula is C15H15N3O3S. The van der Waals surface area contributed by atoms with Crippen LogP contribution in [0.3, 0.4) is 0 Å². The van der Waals surface area contributed by atoms with Crippen LogP contribution in [-0.2, 0) is 11.8 Å². The number of hydrogen-bond acceptors (Lipinski definition) is 5. The molecule has 1 aromatic heterocycles. The fourth-order valence-electron chi connectivity index (χ4n) is 2.74. The van der Waals surface area contributed by atoms with Gasteiger partial charge in [0, 0.05) is 19.4 Å². The van der Waals surface area contributed by atoms with Crippen molar-refractivity contribution in [1.82, 2.24) is 9.55 Å². The van der Waals surface area contributed by atoms with Crippen molar-refractivity contribution in [1.29, 1.82) is 0 Å². The first kappa shape index (κ1) is 14.6. The molecule has 0 saturated carbocycles. The lowest BCUT2D eigenvalue weighted by Gasteiger charge is -2.27. The van der Waals surface area contributed by atoms with Gasteiger partial charge in [-0.05, 0) is 24.0 Å². The molecule has 1 amide bonds. The smallest absolute Gasteiger partial charge is 0.279 e. The third kappa shape index (κ3) is 2.37. The van der Waals surface area contributed by atoms with Crippen LogP contribution in [0, 0.1) is 0 Å². The number of nitrogens with one attached hydrogen (secondary N) is 1. The topological polar surface area (TPSA) is 84.2 Å². The molecule has 1 atom stereocenters. The first-order valence-electron chi connectivity index (χ1n) is 6.75. The number of aromatic nitrogens is 2. The monoisotopic (exact) mass is 317 g/mol. The molecule has 0 bridgehead atoms. The summed E-state index contributed by atoms with van der Waals surface area (Å²) in [5.74, 6) is 0.0246. The highest BCUT2D eigenvalue weighted by molar-refractivity contribution is 7.98. The molecule has 1 aromatic carbocycles. The second kappa shape index (κ2) is 5.49. The zero-order valence-electron chi connectivity index (χ0n) is 12.2. The van der Waals surface area contributed by atoms with Crippen molar-refractivity contribution in [2.24, 2.45) is 7.05 Å². The minimum absolute atomic E-state index is 0.107. The fourth-order valence-corrected chi connectivity index (χ4v) is 3.28. The van der Waals surface area contributed by atoms with E-state index < -0.39 is 5.92 Å². The van der Waals surface area contributed by atoms with Crippen LogP contribution in [0.1, 0.15) is 23.5 Å². The van der Waals surface area contributed by atoms with Crippen molar-refractivity contribution in [3.05, 3.63) is 45.7 Å². The van der Waals surface area contributed by atoms with Gasteiger partial charge in [-0.3, -0.25) is 9.59 Å². The second-order valence-electron chi connectivity index (χ2n) is 5.12. The molecule has 114 valence electrons. The highest BCUT2D eigenvalue weighted by atomic mass is 32.2. The molecule has 1 aliphatic heterocycles. The van der Waals surface area contributed by atoms with Crippen LogP contribution in [0.4, 0.5) is 5.82 Å². The van der Waals surface area contributed by atoms with Gasteiger partial charge in [0.15, 0.2) is 5.16 Å². The number of hydrogen-bond donors (Lipinski definition) is 2. The number of benzene rings is 1. The number of anilines is 1. The summed E-state index contributed by atoms with van der Waals surface area (Å²) in [7, 11) is 1.77. The lowest BCUT2D eigenvalue weighted by Crippen LogP contribution is -2.33.